The zero-order valence-corrected chi connectivity index (χ0v) is 10.6. The van der Waals surface area contributed by atoms with E-state index in [2.05, 4.69) is 33.7 Å². The summed E-state index contributed by atoms with van der Waals surface area (Å²) < 4.78 is 0. The average Bonchev–Trinajstić information content (AvgIpc) is 3.00. The van der Waals surface area contributed by atoms with Gasteiger partial charge in [-0.3, -0.25) is 0 Å². The smallest absolute Gasteiger partial charge is 0.112 e. The SMILES string of the molecule is CN1CCNC(c2nc(-c3ccc[nH]3)cs2)C1. The fourth-order valence-corrected chi connectivity index (χ4v) is 3.01. The number of rotatable bonds is 2. The van der Waals surface area contributed by atoms with Gasteiger partial charge in [-0.1, -0.05) is 0 Å². The number of nitrogens with zero attached hydrogens (tertiary/aromatic N) is 2. The maximum Gasteiger partial charge on any atom is 0.112 e. The van der Waals surface area contributed by atoms with Crippen molar-refractivity contribution in [3.8, 4) is 11.4 Å². The molecule has 2 N–H and O–H groups in total. The molecule has 1 atom stereocenters. The molecule has 1 aliphatic rings. The molecule has 0 amide bonds. The van der Waals surface area contributed by atoms with E-state index in [1.165, 1.54) is 5.01 Å². The molecular weight excluding hydrogens is 232 g/mol. The van der Waals surface area contributed by atoms with Crippen LogP contribution < -0.4 is 5.32 Å². The summed E-state index contributed by atoms with van der Waals surface area (Å²) in [6.45, 7) is 3.20. The van der Waals surface area contributed by atoms with Gasteiger partial charge >= 0.3 is 0 Å². The molecule has 1 aliphatic heterocycles. The number of aromatic amines is 1. The van der Waals surface area contributed by atoms with Crippen molar-refractivity contribution >= 4 is 11.3 Å². The predicted octanol–water partition coefficient (Wildman–Crippen LogP) is 1.71. The van der Waals surface area contributed by atoms with E-state index in [1.807, 2.05) is 12.3 Å². The van der Waals surface area contributed by atoms with E-state index in [-0.39, 0.29) is 0 Å². The summed E-state index contributed by atoms with van der Waals surface area (Å²) in [6, 6.07) is 4.43. The van der Waals surface area contributed by atoms with E-state index in [0.717, 1.165) is 31.0 Å². The molecule has 1 unspecified atom stereocenters. The normalized spacial score (nSPS) is 21.8. The molecule has 0 aliphatic carbocycles. The molecule has 17 heavy (non-hydrogen) atoms. The summed E-state index contributed by atoms with van der Waals surface area (Å²) in [7, 11) is 2.16. The van der Waals surface area contributed by atoms with E-state index < -0.39 is 0 Å². The third kappa shape index (κ3) is 2.26. The summed E-state index contributed by atoms with van der Waals surface area (Å²) in [4.78, 5) is 10.2. The minimum atomic E-state index is 0.377. The lowest BCUT2D eigenvalue weighted by Crippen LogP contribution is -2.43. The van der Waals surface area contributed by atoms with Gasteiger partial charge in [-0.15, -0.1) is 11.3 Å². The molecule has 3 heterocycles. The van der Waals surface area contributed by atoms with Crippen LogP contribution >= 0.6 is 11.3 Å². The van der Waals surface area contributed by atoms with E-state index in [1.54, 1.807) is 11.3 Å². The van der Waals surface area contributed by atoms with Gasteiger partial charge in [-0.25, -0.2) is 4.98 Å². The fourth-order valence-electron chi connectivity index (χ4n) is 2.12. The Morgan fingerprint density at radius 2 is 2.47 bits per heavy atom. The molecule has 5 heteroatoms. The van der Waals surface area contributed by atoms with Crippen molar-refractivity contribution in [1.29, 1.82) is 0 Å². The van der Waals surface area contributed by atoms with E-state index >= 15 is 0 Å². The van der Waals surface area contributed by atoms with E-state index in [9.17, 15) is 0 Å². The number of thiazole rings is 1. The van der Waals surface area contributed by atoms with Crippen molar-refractivity contribution in [2.45, 2.75) is 6.04 Å². The zero-order valence-electron chi connectivity index (χ0n) is 9.81. The Kier molecular flexibility index (Phi) is 2.96. The molecule has 2 aromatic heterocycles. The largest absolute Gasteiger partial charge is 0.360 e. The standard InChI is InChI=1S/C12H16N4S/c1-16-6-5-14-10(7-16)12-15-11(8-17-12)9-3-2-4-13-9/h2-4,8,10,13-14H,5-7H2,1H3. The minimum Gasteiger partial charge on any atom is -0.360 e. The molecule has 1 saturated heterocycles. The van der Waals surface area contributed by atoms with Crippen LogP contribution in [0, 0.1) is 0 Å². The molecule has 0 aromatic carbocycles. The van der Waals surface area contributed by atoms with Gasteiger partial charge in [0.2, 0.25) is 0 Å². The van der Waals surface area contributed by atoms with E-state index in [4.69, 9.17) is 4.98 Å². The highest BCUT2D eigenvalue weighted by atomic mass is 32.1. The van der Waals surface area contributed by atoms with Crippen LogP contribution in [-0.2, 0) is 0 Å². The summed E-state index contributed by atoms with van der Waals surface area (Å²) in [6.07, 6.45) is 1.93. The van der Waals surface area contributed by atoms with Crippen molar-refractivity contribution < 1.29 is 0 Å². The van der Waals surface area contributed by atoms with Crippen LogP contribution in [0.1, 0.15) is 11.0 Å². The Hall–Kier alpha value is -1.17. The number of piperazine rings is 1. The van der Waals surface area contributed by atoms with Crippen LogP contribution in [0.3, 0.4) is 0 Å². The highest BCUT2D eigenvalue weighted by Crippen LogP contribution is 2.25. The third-order valence-electron chi connectivity index (χ3n) is 3.07. The van der Waals surface area contributed by atoms with Gasteiger partial charge in [0.25, 0.3) is 0 Å². The van der Waals surface area contributed by atoms with Crippen LogP contribution in [0.2, 0.25) is 0 Å². The lowest BCUT2D eigenvalue weighted by molar-refractivity contribution is 0.240. The van der Waals surface area contributed by atoms with Crippen LogP contribution in [0.25, 0.3) is 11.4 Å². The Bertz CT molecular complexity index is 476. The van der Waals surface area contributed by atoms with Crippen LogP contribution in [-0.4, -0.2) is 41.5 Å². The maximum atomic E-state index is 4.71. The quantitative estimate of drug-likeness (QED) is 0.850. The van der Waals surface area contributed by atoms with Gasteiger partial charge in [0.05, 0.1) is 17.4 Å². The van der Waals surface area contributed by atoms with Gasteiger partial charge in [0.1, 0.15) is 5.01 Å². The highest BCUT2D eigenvalue weighted by Gasteiger charge is 2.21. The summed E-state index contributed by atoms with van der Waals surface area (Å²) >= 11 is 1.74. The van der Waals surface area contributed by atoms with Crippen molar-refractivity contribution in [2.75, 3.05) is 26.7 Å². The predicted molar refractivity (Wildman–Crippen MR) is 70.1 cm³/mol. The first-order valence-corrected chi connectivity index (χ1v) is 6.72. The second kappa shape index (κ2) is 4.60. The third-order valence-corrected chi connectivity index (χ3v) is 4.03. The number of aromatic nitrogens is 2. The molecule has 0 spiro atoms. The minimum absolute atomic E-state index is 0.377. The number of likely N-dealkylation sites (N-methyl/N-ethyl adjacent to an activating group) is 1. The van der Waals surface area contributed by atoms with Gasteiger partial charge < -0.3 is 15.2 Å². The van der Waals surface area contributed by atoms with Crippen molar-refractivity contribution in [3.05, 3.63) is 28.7 Å². The van der Waals surface area contributed by atoms with Gasteiger partial charge in [0.15, 0.2) is 0 Å². The first-order chi connectivity index (χ1) is 8.33. The monoisotopic (exact) mass is 248 g/mol. The number of hydrogen-bond acceptors (Lipinski definition) is 4. The molecule has 0 bridgehead atoms. The Labute approximate surface area is 105 Å². The summed E-state index contributed by atoms with van der Waals surface area (Å²) in [5, 5.41) is 6.82. The van der Waals surface area contributed by atoms with E-state index in [0.29, 0.717) is 6.04 Å². The van der Waals surface area contributed by atoms with Gasteiger partial charge in [-0.2, -0.15) is 0 Å². The first kappa shape index (κ1) is 11.0. The highest BCUT2D eigenvalue weighted by molar-refractivity contribution is 7.10. The molecule has 3 rings (SSSR count). The molecule has 0 saturated carbocycles. The van der Waals surface area contributed by atoms with Gasteiger partial charge in [0, 0.05) is 31.2 Å². The van der Waals surface area contributed by atoms with Crippen LogP contribution in [0.15, 0.2) is 23.7 Å². The second-order valence-electron chi connectivity index (χ2n) is 4.42. The first-order valence-electron chi connectivity index (χ1n) is 5.84. The molecule has 1 fully saturated rings. The van der Waals surface area contributed by atoms with Crippen LogP contribution in [0.5, 0.6) is 0 Å². The summed E-state index contributed by atoms with van der Waals surface area (Å²) in [5.74, 6) is 0. The van der Waals surface area contributed by atoms with Crippen LogP contribution in [0.4, 0.5) is 0 Å². The molecule has 2 aromatic rings. The lowest BCUT2D eigenvalue weighted by Gasteiger charge is -2.29. The topological polar surface area (TPSA) is 44.0 Å². The Morgan fingerprint density at radius 1 is 1.53 bits per heavy atom. The number of nitrogens with one attached hydrogen (secondary N) is 2. The van der Waals surface area contributed by atoms with Crippen molar-refractivity contribution in [3.63, 3.8) is 0 Å². The van der Waals surface area contributed by atoms with Crippen molar-refractivity contribution in [1.82, 2.24) is 20.2 Å². The van der Waals surface area contributed by atoms with Crippen molar-refractivity contribution in [2.24, 2.45) is 0 Å². The molecular formula is C12H16N4S. The molecule has 0 radical (unpaired) electrons. The molecule has 90 valence electrons. The maximum absolute atomic E-state index is 4.71. The van der Waals surface area contributed by atoms with Gasteiger partial charge in [-0.05, 0) is 19.2 Å². The number of hydrogen-bond donors (Lipinski definition) is 2. The lowest BCUT2D eigenvalue weighted by atomic mass is 10.2. The molecule has 4 nitrogen and oxygen atoms in total. The summed E-state index contributed by atoms with van der Waals surface area (Å²) in [5.41, 5.74) is 2.14. The fraction of sp³-hybridized carbons (Fsp3) is 0.417. The Morgan fingerprint density at radius 3 is 3.24 bits per heavy atom. The Balaban J connectivity index is 1.80. The second-order valence-corrected chi connectivity index (χ2v) is 5.31. The average molecular weight is 248 g/mol. The number of H-pyrrole nitrogens is 1. The zero-order chi connectivity index (χ0) is 11.7.